The molecule has 1 fully saturated rings. The van der Waals surface area contributed by atoms with Gasteiger partial charge < -0.3 is 14.7 Å². The van der Waals surface area contributed by atoms with Gasteiger partial charge in [-0.25, -0.2) is 0 Å². The molecular formula is C23H33N5O3. The Hall–Kier alpha value is -2.74. The monoisotopic (exact) mass is 427 g/mol. The molecule has 2 aromatic rings. The molecule has 31 heavy (non-hydrogen) atoms. The summed E-state index contributed by atoms with van der Waals surface area (Å²) in [4.78, 5) is 33.0. The minimum atomic E-state index is -0.234. The van der Waals surface area contributed by atoms with Crippen LogP contribution in [0.3, 0.4) is 0 Å². The Morgan fingerprint density at radius 2 is 1.77 bits per heavy atom. The molecule has 0 spiro atoms. The van der Waals surface area contributed by atoms with Crippen LogP contribution in [0, 0.1) is 0 Å². The Bertz CT molecular complexity index is 877. The first-order chi connectivity index (χ1) is 14.7. The number of carbonyl (C=O) groups excluding carboxylic acids is 2. The van der Waals surface area contributed by atoms with Crippen molar-refractivity contribution in [1.29, 1.82) is 0 Å². The quantitative estimate of drug-likeness (QED) is 0.729. The van der Waals surface area contributed by atoms with Crippen molar-refractivity contribution in [3.63, 3.8) is 0 Å². The fourth-order valence-corrected chi connectivity index (χ4v) is 3.55. The van der Waals surface area contributed by atoms with Crippen LogP contribution >= 0.6 is 0 Å². The number of nitrogens with one attached hydrogen (secondary N) is 1. The summed E-state index contributed by atoms with van der Waals surface area (Å²) in [6.45, 7) is 11.0. The highest BCUT2D eigenvalue weighted by Gasteiger charge is 2.24. The Labute approximate surface area is 184 Å². The number of nitrogens with zero attached hydrogens (tertiary/aromatic N) is 4. The number of rotatable bonds is 7. The van der Waals surface area contributed by atoms with E-state index in [-0.39, 0.29) is 17.4 Å². The predicted molar refractivity (Wildman–Crippen MR) is 118 cm³/mol. The minimum Gasteiger partial charge on any atom is -0.350 e. The van der Waals surface area contributed by atoms with Crippen LogP contribution in [-0.2, 0) is 22.4 Å². The van der Waals surface area contributed by atoms with E-state index >= 15 is 0 Å². The van der Waals surface area contributed by atoms with E-state index in [4.69, 9.17) is 4.52 Å². The summed E-state index contributed by atoms with van der Waals surface area (Å²) in [7, 11) is 0. The van der Waals surface area contributed by atoms with E-state index in [2.05, 4.69) is 39.4 Å². The van der Waals surface area contributed by atoms with Gasteiger partial charge in [-0.3, -0.25) is 14.5 Å². The maximum Gasteiger partial charge on any atom is 0.234 e. The van der Waals surface area contributed by atoms with Crippen molar-refractivity contribution >= 4 is 11.8 Å². The van der Waals surface area contributed by atoms with Crippen LogP contribution in [0.5, 0.6) is 0 Å². The zero-order valence-corrected chi connectivity index (χ0v) is 19.0. The van der Waals surface area contributed by atoms with Gasteiger partial charge in [0.1, 0.15) is 0 Å². The number of hydrogen-bond donors (Lipinski definition) is 1. The molecule has 0 atom stereocenters. The van der Waals surface area contributed by atoms with E-state index < -0.39 is 0 Å². The molecule has 8 nitrogen and oxygen atoms in total. The number of benzene rings is 1. The standard InChI is InChI=1S/C23H33N5O3/c1-5-17-6-8-18(9-7-17)22-24-20(31-26-22)10-11-21(30)28-14-12-27(13-15-28)16-19(29)25-23(2,3)4/h6-9H,5,10-16H2,1-4H3,(H,25,29). The molecule has 0 saturated carbocycles. The minimum absolute atomic E-state index is 0.0174. The zero-order valence-electron chi connectivity index (χ0n) is 19.0. The average molecular weight is 428 g/mol. The highest BCUT2D eigenvalue weighted by atomic mass is 16.5. The lowest BCUT2D eigenvalue weighted by atomic mass is 10.1. The molecule has 3 rings (SSSR count). The van der Waals surface area contributed by atoms with Crippen molar-refractivity contribution in [3.05, 3.63) is 35.7 Å². The molecule has 2 heterocycles. The van der Waals surface area contributed by atoms with E-state index in [1.165, 1.54) is 5.56 Å². The summed E-state index contributed by atoms with van der Waals surface area (Å²) < 4.78 is 5.33. The van der Waals surface area contributed by atoms with Crippen LogP contribution in [0.4, 0.5) is 0 Å². The fourth-order valence-electron chi connectivity index (χ4n) is 3.55. The lowest BCUT2D eigenvalue weighted by molar-refractivity contribution is -0.133. The number of hydrogen-bond acceptors (Lipinski definition) is 6. The fraction of sp³-hybridized carbons (Fsp3) is 0.565. The van der Waals surface area contributed by atoms with E-state index in [9.17, 15) is 9.59 Å². The molecule has 1 aromatic carbocycles. The molecule has 0 unspecified atom stereocenters. The van der Waals surface area contributed by atoms with Crippen molar-refractivity contribution in [2.75, 3.05) is 32.7 Å². The van der Waals surface area contributed by atoms with Gasteiger partial charge in [0, 0.05) is 50.1 Å². The molecular weight excluding hydrogens is 394 g/mol. The molecule has 1 saturated heterocycles. The highest BCUT2D eigenvalue weighted by molar-refractivity contribution is 5.79. The van der Waals surface area contributed by atoms with Gasteiger partial charge in [-0.2, -0.15) is 4.98 Å². The second-order valence-corrected chi connectivity index (χ2v) is 9.02. The molecule has 168 valence electrons. The lowest BCUT2D eigenvalue weighted by Gasteiger charge is -2.35. The zero-order chi connectivity index (χ0) is 22.4. The number of piperazine rings is 1. The van der Waals surface area contributed by atoms with Crippen LogP contribution in [-0.4, -0.2) is 70.0 Å². The van der Waals surface area contributed by atoms with Crippen LogP contribution in [0.2, 0.25) is 0 Å². The van der Waals surface area contributed by atoms with Gasteiger partial charge in [0.05, 0.1) is 6.54 Å². The second-order valence-electron chi connectivity index (χ2n) is 9.02. The summed E-state index contributed by atoms with van der Waals surface area (Å²) in [5.41, 5.74) is 1.93. The average Bonchev–Trinajstić information content (AvgIpc) is 3.20. The molecule has 0 bridgehead atoms. The van der Waals surface area contributed by atoms with Crippen LogP contribution in [0.1, 0.15) is 45.6 Å². The van der Waals surface area contributed by atoms with Gasteiger partial charge in [0.25, 0.3) is 0 Å². The SMILES string of the molecule is CCc1ccc(-c2noc(CCC(=O)N3CCN(CC(=O)NC(C)(C)C)CC3)n2)cc1. The van der Waals surface area contributed by atoms with Crippen molar-refractivity contribution in [3.8, 4) is 11.4 Å². The Morgan fingerprint density at radius 3 is 2.39 bits per heavy atom. The van der Waals surface area contributed by atoms with Gasteiger partial charge in [-0.05, 0) is 32.8 Å². The van der Waals surface area contributed by atoms with E-state index in [1.54, 1.807) is 0 Å². The van der Waals surface area contributed by atoms with Gasteiger partial charge in [-0.1, -0.05) is 36.3 Å². The molecule has 1 aliphatic heterocycles. The Morgan fingerprint density at radius 1 is 1.10 bits per heavy atom. The topological polar surface area (TPSA) is 91.6 Å². The third kappa shape index (κ3) is 6.89. The summed E-state index contributed by atoms with van der Waals surface area (Å²) in [5.74, 6) is 1.11. The summed E-state index contributed by atoms with van der Waals surface area (Å²) in [6.07, 6.45) is 1.74. The van der Waals surface area contributed by atoms with E-state index in [1.807, 2.05) is 37.8 Å². The number of aryl methyl sites for hydroxylation is 2. The van der Waals surface area contributed by atoms with Crippen molar-refractivity contribution in [2.24, 2.45) is 0 Å². The molecule has 8 heteroatoms. The maximum atomic E-state index is 12.6. The second kappa shape index (κ2) is 10.0. The van der Waals surface area contributed by atoms with Gasteiger partial charge >= 0.3 is 0 Å². The predicted octanol–water partition coefficient (Wildman–Crippen LogP) is 2.29. The highest BCUT2D eigenvalue weighted by Crippen LogP contribution is 2.17. The molecule has 1 aromatic heterocycles. The summed E-state index contributed by atoms with van der Waals surface area (Å²) in [6, 6.07) is 8.09. The van der Waals surface area contributed by atoms with Crippen molar-refractivity contribution in [2.45, 2.75) is 52.5 Å². The largest absolute Gasteiger partial charge is 0.350 e. The van der Waals surface area contributed by atoms with Gasteiger partial charge in [0.2, 0.25) is 23.5 Å². The first kappa shape index (κ1) is 22.9. The summed E-state index contributed by atoms with van der Waals surface area (Å²) >= 11 is 0. The summed E-state index contributed by atoms with van der Waals surface area (Å²) in [5, 5.41) is 7.01. The maximum absolute atomic E-state index is 12.6. The third-order valence-electron chi connectivity index (χ3n) is 5.25. The van der Waals surface area contributed by atoms with Gasteiger partial charge in [0.15, 0.2) is 0 Å². The number of carbonyl (C=O) groups is 2. The first-order valence-electron chi connectivity index (χ1n) is 11.0. The Balaban J connectivity index is 1.42. The van der Waals surface area contributed by atoms with Crippen LogP contribution in [0.15, 0.2) is 28.8 Å². The molecule has 1 N–H and O–H groups in total. The van der Waals surface area contributed by atoms with Crippen LogP contribution < -0.4 is 5.32 Å². The molecule has 1 aliphatic rings. The lowest BCUT2D eigenvalue weighted by Crippen LogP contribution is -2.52. The normalized spacial score (nSPS) is 15.2. The first-order valence-corrected chi connectivity index (χ1v) is 11.0. The number of aromatic nitrogens is 2. The Kier molecular flexibility index (Phi) is 7.43. The van der Waals surface area contributed by atoms with Gasteiger partial charge in [-0.15, -0.1) is 0 Å². The molecule has 0 aliphatic carbocycles. The van der Waals surface area contributed by atoms with Crippen molar-refractivity contribution in [1.82, 2.24) is 25.3 Å². The molecule has 0 radical (unpaired) electrons. The third-order valence-corrected chi connectivity index (χ3v) is 5.25. The van der Waals surface area contributed by atoms with Crippen molar-refractivity contribution < 1.29 is 14.1 Å². The molecule has 2 amide bonds. The smallest absolute Gasteiger partial charge is 0.234 e. The van der Waals surface area contributed by atoms with E-state index in [0.717, 1.165) is 12.0 Å². The van der Waals surface area contributed by atoms with Crippen LogP contribution in [0.25, 0.3) is 11.4 Å². The number of amides is 2. The van der Waals surface area contributed by atoms with E-state index in [0.29, 0.717) is 57.3 Å².